The molecule has 0 fully saturated rings. The minimum Gasteiger partial charge on any atom is -0.474 e. The first-order valence-electron chi connectivity index (χ1n) is 12.1. The summed E-state index contributed by atoms with van der Waals surface area (Å²) in [4.78, 5) is 28.3. The van der Waals surface area contributed by atoms with Crippen LogP contribution in [0.25, 0.3) is 11.3 Å². The van der Waals surface area contributed by atoms with Gasteiger partial charge >= 0.3 is 12.3 Å². The van der Waals surface area contributed by atoms with E-state index in [9.17, 15) is 31.5 Å². The van der Waals surface area contributed by atoms with Crippen molar-refractivity contribution in [3.8, 4) is 17.0 Å². The van der Waals surface area contributed by atoms with E-state index in [1.807, 2.05) is 30.7 Å². The van der Waals surface area contributed by atoms with Crippen LogP contribution < -0.4 is 15.8 Å². The normalized spacial score (nSPS) is 12.2. The lowest BCUT2D eigenvalue weighted by Gasteiger charge is -2.18. The second kappa shape index (κ2) is 12.2. The molecule has 0 saturated carbocycles. The smallest absolute Gasteiger partial charge is 0.416 e. The maximum atomic E-state index is 15.0. The molecule has 3 N–H and O–H groups in total. The number of hydrogen-bond acceptors (Lipinski definition) is 6. The number of hydrogen-bond donors (Lipinski definition) is 2. The Morgan fingerprint density at radius 1 is 1.12 bits per heavy atom. The Morgan fingerprint density at radius 3 is 2.40 bits per heavy atom. The lowest BCUT2D eigenvalue weighted by molar-refractivity contribution is -0.137. The highest BCUT2D eigenvalue weighted by atomic mass is 79.9. The van der Waals surface area contributed by atoms with Crippen LogP contribution in [0, 0.1) is 18.6 Å². The lowest BCUT2D eigenvalue weighted by Crippen LogP contribution is -2.28. The topological polar surface area (TPSA) is 122 Å². The van der Waals surface area contributed by atoms with Crippen LogP contribution in [-0.2, 0) is 24.5 Å². The highest BCUT2D eigenvalue weighted by Crippen LogP contribution is 2.36. The number of amides is 2. The van der Waals surface area contributed by atoms with Crippen molar-refractivity contribution >= 4 is 27.9 Å². The predicted octanol–water partition coefficient (Wildman–Crippen LogP) is 6.19. The number of benzene rings is 2. The first-order valence-corrected chi connectivity index (χ1v) is 12.9. The van der Waals surface area contributed by atoms with Crippen molar-refractivity contribution in [2.45, 2.75) is 25.7 Å². The number of rotatable bonds is 9. The predicted molar refractivity (Wildman–Crippen MR) is 141 cm³/mol. The standard InChI is InChI=1S/C27H22BrF5N4O5/c1-13-3-8-16(37(13)2)11-35-26(39)40-12-19(41-18-10-9-17(29)20(21(18)30)24(34)38)25-36-22(23(28)42-25)14-4-6-15(7-5-14)27(31,32)33/h3-10,19H,11-12H2,1-2H3,(H2,34,38)(H,35,39). The van der Waals surface area contributed by atoms with Gasteiger partial charge in [-0.25, -0.2) is 18.6 Å². The molecule has 4 aromatic rings. The summed E-state index contributed by atoms with van der Waals surface area (Å²) in [6.07, 6.45) is -6.90. The summed E-state index contributed by atoms with van der Waals surface area (Å²) in [6.45, 7) is 1.39. The van der Waals surface area contributed by atoms with E-state index >= 15 is 0 Å². The Bertz CT molecular complexity index is 1620. The van der Waals surface area contributed by atoms with Crippen molar-refractivity contribution < 1.29 is 45.4 Å². The Balaban J connectivity index is 1.60. The Labute approximate surface area is 243 Å². The molecule has 0 radical (unpaired) electrons. The van der Waals surface area contributed by atoms with Crippen LogP contribution in [-0.4, -0.2) is 28.2 Å². The van der Waals surface area contributed by atoms with E-state index in [4.69, 9.17) is 19.6 Å². The third kappa shape index (κ3) is 6.73. The van der Waals surface area contributed by atoms with Gasteiger partial charge in [-0.15, -0.1) is 0 Å². The summed E-state index contributed by atoms with van der Waals surface area (Å²) >= 11 is 3.15. The number of nitrogens with zero attached hydrogens (tertiary/aromatic N) is 2. The number of carbonyl (C=O) groups is 2. The summed E-state index contributed by atoms with van der Waals surface area (Å²) in [5.74, 6) is -4.94. The van der Waals surface area contributed by atoms with Crippen LogP contribution in [0.15, 0.2) is 57.6 Å². The average Bonchev–Trinajstić information content (AvgIpc) is 3.47. The van der Waals surface area contributed by atoms with Gasteiger partial charge in [0.05, 0.1) is 12.1 Å². The summed E-state index contributed by atoms with van der Waals surface area (Å²) in [5.41, 5.74) is 5.18. The summed E-state index contributed by atoms with van der Waals surface area (Å²) in [6, 6.07) is 9.34. The Morgan fingerprint density at radius 2 is 1.81 bits per heavy atom. The fourth-order valence-electron chi connectivity index (χ4n) is 3.82. The van der Waals surface area contributed by atoms with Crippen molar-refractivity contribution in [3.05, 3.63) is 93.2 Å². The molecule has 2 aromatic carbocycles. The number of aryl methyl sites for hydroxylation is 1. The number of carbonyl (C=O) groups excluding carboxylic acids is 2. The van der Waals surface area contributed by atoms with Gasteiger partial charge in [-0.3, -0.25) is 4.79 Å². The number of aromatic nitrogens is 2. The molecule has 0 saturated heterocycles. The molecular formula is C27H22BrF5N4O5. The molecule has 0 aliphatic carbocycles. The summed E-state index contributed by atoms with van der Waals surface area (Å²) in [7, 11) is 1.81. The number of oxazole rings is 1. The lowest BCUT2D eigenvalue weighted by atomic mass is 10.1. The molecule has 0 bridgehead atoms. The van der Waals surface area contributed by atoms with Gasteiger partial charge in [0.25, 0.3) is 5.91 Å². The first-order chi connectivity index (χ1) is 19.8. The van der Waals surface area contributed by atoms with Crippen LogP contribution in [0.3, 0.4) is 0 Å². The van der Waals surface area contributed by atoms with E-state index in [-0.39, 0.29) is 28.4 Å². The van der Waals surface area contributed by atoms with Gasteiger partial charge < -0.3 is 29.5 Å². The van der Waals surface area contributed by atoms with Crippen LogP contribution >= 0.6 is 15.9 Å². The van der Waals surface area contributed by atoms with Gasteiger partial charge in [0, 0.05) is 24.0 Å². The number of primary amides is 1. The number of halogens is 6. The van der Waals surface area contributed by atoms with E-state index in [2.05, 4.69) is 26.2 Å². The Hall–Kier alpha value is -4.40. The zero-order valence-corrected chi connectivity index (χ0v) is 23.5. The van der Waals surface area contributed by atoms with Gasteiger partial charge in [-0.1, -0.05) is 12.1 Å². The first kappa shape index (κ1) is 30.6. The van der Waals surface area contributed by atoms with Crippen molar-refractivity contribution in [2.24, 2.45) is 12.8 Å². The second-order valence-electron chi connectivity index (χ2n) is 8.93. The third-order valence-corrected chi connectivity index (χ3v) is 6.73. The molecule has 2 amide bonds. The van der Waals surface area contributed by atoms with Crippen molar-refractivity contribution in [1.29, 1.82) is 0 Å². The average molecular weight is 657 g/mol. The van der Waals surface area contributed by atoms with E-state index in [0.29, 0.717) is 0 Å². The quantitative estimate of drug-likeness (QED) is 0.207. The fraction of sp³-hybridized carbons (Fsp3) is 0.222. The van der Waals surface area contributed by atoms with Crippen LogP contribution in [0.5, 0.6) is 5.75 Å². The van der Waals surface area contributed by atoms with Gasteiger partial charge in [-0.2, -0.15) is 13.2 Å². The SMILES string of the molecule is Cc1ccc(CNC(=O)OCC(Oc2ccc(F)c(C(N)=O)c2F)c2nc(-c3ccc(C(F)(F)F)cc3)c(Br)o2)n1C. The molecule has 0 spiro atoms. The highest BCUT2D eigenvalue weighted by molar-refractivity contribution is 9.10. The van der Waals surface area contributed by atoms with Crippen molar-refractivity contribution in [1.82, 2.24) is 14.9 Å². The molecule has 2 aromatic heterocycles. The minimum absolute atomic E-state index is 0.0215. The van der Waals surface area contributed by atoms with Crippen molar-refractivity contribution in [2.75, 3.05) is 6.61 Å². The van der Waals surface area contributed by atoms with Gasteiger partial charge in [-0.05, 0) is 59.3 Å². The largest absolute Gasteiger partial charge is 0.474 e. The van der Waals surface area contributed by atoms with E-state index in [1.165, 1.54) is 12.1 Å². The molecule has 1 unspecified atom stereocenters. The zero-order chi connectivity index (χ0) is 30.8. The van der Waals surface area contributed by atoms with Crippen LogP contribution in [0.2, 0.25) is 0 Å². The molecule has 0 aliphatic heterocycles. The molecule has 9 nitrogen and oxygen atoms in total. The number of alkyl halides is 3. The van der Waals surface area contributed by atoms with Crippen LogP contribution in [0.4, 0.5) is 26.7 Å². The monoisotopic (exact) mass is 656 g/mol. The van der Waals surface area contributed by atoms with E-state index < -0.39 is 59.4 Å². The Kier molecular flexibility index (Phi) is 8.89. The highest BCUT2D eigenvalue weighted by Gasteiger charge is 2.31. The molecule has 42 heavy (non-hydrogen) atoms. The maximum Gasteiger partial charge on any atom is 0.416 e. The maximum absolute atomic E-state index is 15.0. The number of alkyl carbamates (subject to hydrolysis) is 1. The molecular weight excluding hydrogens is 635 g/mol. The number of ether oxygens (including phenoxy) is 2. The molecule has 0 aliphatic rings. The molecule has 15 heteroatoms. The molecule has 222 valence electrons. The summed E-state index contributed by atoms with van der Waals surface area (Å²) in [5, 5.41) is 2.55. The van der Waals surface area contributed by atoms with Gasteiger partial charge in [0.15, 0.2) is 16.2 Å². The van der Waals surface area contributed by atoms with Crippen LogP contribution in [0.1, 0.15) is 39.3 Å². The molecule has 4 rings (SSSR count). The number of nitrogens with one attached hydrogen (secondary N) is 1. The fourth-order valence-corrected chi connectivity index (χ4v) is 4.30. The minimum atomic E-state index is -4.55. The third-order valence-electron chi connectivity index (χ3n) is 6.19. The van der Waals surface area contributed by atoms with Crippen molar-refractivity contribution in [3.63, 3.8) is 0 Å². The zero-order valence-electron chi connectivity index (χ0n) is 21.9. The molecule has 1 atom stereocenters. The summed E-state index contributed by atoms with van der Waals surface area (Å²) < 4.78 is 86.2. The van der Waals surface area contributed by atoms with Gasteiger partial charge in [0.2, 0.25) is 12.0 Å². The van der Waals surface area contributed by atoms with E-state index in [1.54, 1.807) is 0 Å². The van der Waals surface area contributed by atoms with E-state index in [0.717, 1.165) is 35.7 Å². The number of nitrogens with two attached hydrogens (primary N) is 1. The molecule has 2 heterocycles. The van der Waals surface area contributed by atoms with Gasteiger partial charge in [0.1, 0.15) is 23.7 Å². The second-order valence-corrected chi connectivity index (χ2v) is 9.65.